The third kappa shape index (κ3) is 8.45. The first-order valence-electron chi connectivity index (χ1n) is 8.72. The van der Waals surface area contributed by atoms with E-state index in [1.165, 1.54) is 19.1 Å². The van der Waals surface area contributed by atoms with E-state index in [0.29, 0.717) is 0 Å². The van der Waals surface area contributed by atoms with E-state index in [0.717, 1.165) is 12.1 Å². The molecule has 0 spiro atoms. The first kappa shape index (κ1) is 23.7. The molecule has 0 aliphatic rings. The molecule has 0 aromatic heterocycles. The highest BCUT2D eigenvalue weighted by Gasteiger charge is 2.33. The fraction of sp³-hybridized carbons (Fsp3) is 0.500. The number of hydrogen-bond donors (Lipinski definition) is 1. The third-order valence-corrected chi connectivity index (χ3v) is 3.21. The molecule has 0 radical (unpaired) electrons. The van der Waals surface area contributed by atoms with E-state index in [1.807, 2.05) is 0 Å². The maximum absolute atomic E-state index is 12.1. The molecule has 0 aliphatic heterocycles. The second-order valence-electron chi connectivity index (χ2n) is 6.80. The van der Waals surface area contributed by atoms with Crippen LogP contribution in [0.25, 0.3) is 0 Å². The highest BCUT2D eigenvalue weighted by molar-refractivity contribution is 5.82. The summed E-state index contributed by atoms with van der Waals surface area (Å²) >= 11 is 0. The van der Waals surface area contributed by atoms with Crippen LogP contribution in [0, 0.1) is 10.1 Å². The van der Waals surface area contributed by atoms with E-state index in [-0.39, 0.29) is 18.0 Å². The number of nitro benzene ring substituents is 1. The monoisotopic (exact) mass is 412 g/mol. The van der Waals surface area contributed by atoms with Crippen LogP contribution in [0.5, 0.6) is 5.75 Å². The number of nitrogens with one attached hydrogen (secondary N) is 1. The summed E-state index contributed by atoms with van der Waals surface area (Å²) in [7, 11) is 0. The van der Waals surface area contributed by atoms with Crippen LogP contribution in [-0.4, -0.2) is 47.5 Å². The molecule has 0 bridgehead atoms. The van der Waals surface area contributed by atoms with Crippen molar-refractivity contribution >= 4 is 23.9 Å². The molecule has 0 heterocycles. The second kappa shape index (κ2) is 10.2. The summed E-state index contributed by atoms with van der Waals surface area (Å²) in [5, 5.41) is 12.9. The molecule has 0 saturated heterocycles. The Balaban J connectivity index is 2.77. The zero-order chi connectivity index (χ0) is 22.2. The number of amides is 1. The van der Waals surface area contributed by atoms with Gasteiger partial charge in [0, 0.05) is 12.1 Å². The zero-order valence-electron chi connectivity index (χ0n) is 16.8. The summed E-state index contributed by atoms with van der Waals surface area (Å²) in [6.07, 6.45) is -3.23. The van der Waals surface area contributed by atoms with Crippen LogP contribution in [0.1, 0.15) is 34.6 Å². The molecule has 0 aliphatic carbocycles. The number of esters is 1. The van der Waals surface area contributed by atoms with Crippen molar-refractivity contribution in [3.8, 4) is 5.75 Å². The van der Waals surface area contributed by atoms with Gasteiger partial charge in [0.25, 0.3) is 5.69 Å². The number of carbonyl (C=O) groups is 3. The van der Waals surface area contributed by atoms with Crippen molar-refractivity contribution in [1.29, 1.82) is 0 Å². The Morgan fingerprint density at radius 3 is 2.24 bits per heavy atom. The van der Waals surface area contributed by atoms with Gasteiger partial charge in [0.05, 0.1) is 11.5 Å². The predicted molar refractivity (Wildman–Crippen MR) is 99.5 cm³/mol. The van der Waals surface area contributed by atoms with Crippen molar-refractivity contribution in [2.75, 3.05) is 6.61 Å². The Bertz CT molecular complexity index is 741. The number of carbonyl (C=O) groups excluding carboxylic acids is 3. The highest BCUT2D eigenvalue weighted by atomic mass is 16.7. The van der Waals surface area contributed by atoms with Crippen molar-refractivity contribution in [3.05, 3.63) is 34.4 Å². The minimum absolute atomic E-state index is 0.000543. The maximum atomic E-state index is 12.1. The fourth-order valence-electron chi connectivity index (χ4n) is 2.01. The smallest absolute Gasteiger partial charge is 0.464 e. The number of alkyl carbamates (subject to hydrolysis) is 1. The molecule has 0 unspecified atom stereocenters. The number of nitrogens with zero attached hydrogens (tertiary/aromatic N) is 1. The van der Waals surface area contributed by atoms with Crippen LogP contribution in [0.4, 0.5) is 15.3 Å². The topological polar surface area (TPSA) is 143 Å². The van der Waals surface area contributed by atoms with E-state index < -0.39 is 40.9 Å². The SMILES string of the molecule is CCOC(=O)[C@@H](NC(=O)OC(C)(C)C)[C@@H](C)OC(=O)Oc1ccc([N+](=O)[O-])cc1. The molecule has 29 heavy (non-hydrogen) atoms. The molecule has 0 fully saturated rings. The first-order valence-corrected chi connectivity index (χ1v) is 8.72. The summed E-state index contributed by atoms with van der Waals surface area (Å²) in [6, 6.07) is 3.39. The van der Waals surface area contributed by atoms with Gasteiger partial charge >= 0.3 is 18.2 Å². The lowest BCUT2D eigenvalue weighted by atomic mass is 10.2. The molecule has 1 aromatic rings. The summed E-state index contributed by atoms with van der Waals surface area (Å²) in [5.41, 5.74) is -0.981. The Hall–Kier alpha value is -3.37. The molecule has 11 nitrogen and oxygen atoms in total. The standard InChI is InChI=1S/C18H24N2O9/c1-6-26-15(21)14(19-16(22)29-18(3,4)5)11(2)27-17(23)28-13-9-7-12(8-10-13)20(24)25/h7-11,14H,6H2,1-5H3,(H,19,22)/t11-,14+/m1/s1. The number of hydrogen-bond acceptors (Lipinski definition) is 9. The van der Waals surface area contributed by atoms with Gasteiger partial charge in [-0.1, -0.05) is 0 Å². The Kier molecular flexibility index (Phi) is 8.37. The van der Waals surface area contributed by atoms with Gasteiger partial charge < -0.3 is 24.3 Å². The van der Waals surface area contributed by atoms with Crippen LogP contribution in [0.2, 0.25) is 0 Å². The third-order valence-electron chi connectivity index (χ3n) is 3.21. The summed E-state index contributed by atoms with van der Waals surface area (Å²) in [4.78, 5) is 46.1. The van der Waals surface area contributed by atoms with E-state index in [4.69, 9.17) is 18.9 Å². The van der Waals surface area contributed by atoms with Gasteiger partial charge in [0.1, 0.15) is 17.5 Å². The van der Waals surface area contributed by atoms with Gasteiger partial charge in [0.15, 0.2) is 6.04 Å². The number of benzene rings is 1. The molecule has 1 rings (SSSR count). The predicted octanol–water partition coefficient (Wildman–Crippen LogP) is 2.96. The Labute approximate surface area is 167 Å². The molecule has 160 valence electrons. The van der Waals surface area contributed by atoms with Crippen molar-refractivity contribution in [3.63, 3.8) is 0 Å². The summed E-state index contributed by atoms with van der Waals surface area (Å²) < 4.78 is 19.9. The fourth-order valence-corrected chi connectivity index (χ4v) is 2.01. The quantitative estimate of drug-likeness (QED) is 0.235. The molecule has 11 heteroatoms. The minimum Gasteiger partial charge on any atom is -0.464 e. The normalized spacial score (nSPS) is 12.9. The van der Waals surface area contributed by atoms with Gasteiger partial charge in [-0.05, 0) is 46.8 Å². The first-order chi connectivity index (χ1) is 13.4. The zero-order valence-corrected chi connectivity index (χ0v) is 16.8. The van der Waals surface area contributed by atoms with Crippen molar-refractivity contribution in [2.24, 2.45) is 0 Å². The molecule has 1 N–H and O–H groups in total. The van der Waals surface area contributed by atoms with E-state index >= 15 is 0 Å². The average Bonchev–Trinajstić information content (AvgIpc) is 2.58. The largest absolute Gasteiger partial charge is 0.514 e. The van der Waals surface area contributed by atoms with Gasteiger partial charge in [-0.2, -0.15) is 0 Å². The van der Waals surface area contributed by atoms with Crippen LogP contribution < -0.4 is 10.1 Å². The Morgan fingerprint density at radius 2 is 1.76 bits per heavy atom. The molecule has 1 aromatic carbocycles. The van der Waals surface area contributed by atoms with Crippen LogP contribution >= 0.6 is 0 Å². The molecule has 0 saturated carbocycles. The van der Waals surface area contributed by atoms with Gasteiger partial charge in [-0.15, -0.1) is 0 Å². The lowest BCUT2D eigenvalue weighted by molar-refractivity contribution is -0.384. The molecular formula is C18H24N2O9. The number of nitro groups is 1. The lowest BCUT2D eigenvalue weighted by Crippen LogP contribution is -2.51. The van der Waals surface area contributed by atoms with Crippen molar-refractivity contribution in [2.45, 2.75) is 52.4 Å². The van der Waals surface area contributed by atoms with Crippen LogP contribution in [0.15, 0.2) is 24.3 Å². The molecule has 1 amide bonds. The van der Waals surface area contributed by atoms with Gasteiger partial charge in [0.2, 0.25) is 0 Å². The van der Waals surface area contributed by atoms with Crippen LogP contribution in [-0.2, 0) is 19.0 Å². The van der Waals surface area contributed by atoms with E-state index in [2.05, 4.69) is 5.32 Å². The number of non-ortho nitro benzene ring substituents is 1. The lowest BCUT2D eigenvalue weighted by Gasteiger charge is -2.25. The summed E-state index contributed by atoms with van der Waals surface area (Å²) in [5.74, 6) is -0.824. The minimum atomic E-state index is -1.34. The van der Waals surface area contributed by atoms with Crippen molar-refractivity contribution < 1.29 is 38.3 Å². The average molecular weight is 412 g/mol. The van der Waals surface area contributed by atoms with Crippen molar-refractivity contribution in [1.82, 2.24) is 5.32 Å². The van der Waals surface area contributed by atoms with Gasteiger partial charge in [-0.25, -0.2) is 14.4 Å². The highest BCUT2D eigenvalue weighted by Crippen LogP contribution is 2.18. The molecular weight excluding hydrogens is 388 g/mol. The van der Waals surface area contributed by atoms with E-state index in [9.17, 15) is 24.5 Å². The number of rotatable bonds is 7. The second-order valence-corrected chi connectivity index (χ2v) is 6.80. The summed E-state index contributed by atoms with van der Waals surface area (Å²) in [6.45, 7) is 7.92. The van der Waals surface area contributed by atoms with Crippen LogP contribution in [0.3, 0.4) is 0 Å². The molecule has 2 atom stereocenters. The number of ether oxygens (including phenoxy) is 4. The maximum Gasteiger partial charge on any atom is 0.514 e. The van der Waals surface area contributed by atoms with Gasteiger partial charge in [-0.3, -0.25) is 10.1 Å². The van der Waals surface area contributed by atoms with E-state index in [1.54, 1.807) is 27.7 Å². The Morgan fingerprint density at radius 1 is 1.17 bits per heavy atom.